The highest BCUT2D eigenvalue weighted by Gasteiger charge is 2.57. The zero-order chi connectivity index (χ0) is 20.6. The fourth-order valence-electron chi connectivity index (χ4n) is 6.19. The quantitative estimate of drug-likeness (QED) is 0.707. The summed E-state index contributed by atoms with van der Waals surface area (Å²) in [4.78, 5) is 26.6. The number of carbonyl (C=O) groups is 2. The van der Waals surface area contributed by atoms with E-state index in [0.29, 0.717) is 18.6 Å². The first-order valence-corrected chi connectivity index (χ1v) is 10.7. The monoisotopic (exact) mass is 398 g/mol. The van der Waals surface area contributed by atoms with Crippen molar-refractivity contribution < 1.29 is 23.8 Å². The minimum Gasteiger partial charge on any atom is -0.454 e. The summed E-state index contributed by atoms with van der Waals surface area (Å²) in [6.45, 7) is 8.78. The molecule has 0 aromatic heterocycles. The van der Waals surface area contributed by atoms with Gasteiger partial charge in [0, 0.05) is 18.8 Å². The van der Waals surface area contributed by atoms with Crippen LogP contribution in [-0.4, -0.2) is 30.6 Å². The lowest BCUT2D eigenvalue weighted by atomic mass is 9.56. The van der Waals surface area contributed by atoms with Crippen LogP contribution < -0.4 is 9.47 Å². The van der Waals surface area contributed by atoms with E-state index in [2.05, 4.69) is 27.7 Å². The van der Waals surface area contributed by atoms with E-state index < -0.39 is 0 Å². The first-order chi connectivity index (χ1) is 13.6. The molecule has 2 heterocycles. The Bertz CT molecular complexity index is 828. The molecule has 1 saturated heterocycles. The van der Waals surface area contributed by atoms with Crippen molar-refractivity contribution in [3.8, 4) is 11.5 Å². The topological polar surface area (TPSA) is 61.8 Å². The van der Waals surface area contributed by atoms with Crippen LogP contribution in [0.5, 0.6) is 11.5 Å². The third-order valence-corrected chi connectivity index (χ3v) is 7.26. The Hall–Kier alpha value is -1.88. The average Bonchev–Trinajstić information content (AvgIpc) is 3.05. The van der Waals surface area contributed by atoms with E-state index >= 15 is 0 Å². The van der Waals surface area contributed by atoms with Crippen LogP contribution in [0.4, 0.5) is 0 Å². The zero-order valence-electron chi connectivity index (χ0n) is 17.7. The Balaban J connectivity index is 1.60. The second-order valence-corrected chi connectivity index (χ2v) is 10.9. The molecule has 2 aliphatic heterocycles. The molecule has 4 aliphatic rings. The molecular formula is C24H30O5. The van der Waals surface area contributed by atoms with E-state index in [4.69, 9.17) is 14.2 Å². The maximum Gasteiger partial charge on any atom is 0.231 e. The van der Waals surface area contributed by atoms with Crippen LogP contribution in [0, 0.1) is 22.7 Å². The highest BCUT2D eigenvalue weighted by molar-refractivity contribution is 5.89. The number of benzene rings is 1. The van der Waals surface area contributed by atoms with Gasteiger partial charge in [-0.1, -0.05) is 33.8 Å². The number of ether oxygens (including phenoxy) is 3. The number of hydrogen-bond donors (Lipinski definition) is 0. The Morgan fingerprint density at radius 3 is 1.93 bits per heavy atom. The van der Waals surface area contributed by atoms with E-state index in [1.165, 1.54) is 0 Å². The molecule has 3 fully saturated rings. The van der Waals surface area contributed by atoms with Gasteiger partial charge in [0.25, 0.3) is 0 Å². The van der Waals surface area contributed by atoms with Gasteiger partial charge in [0.05, 0.1) is 24.0 Å². The number of ketones is 2. The van der Waals surface area contributed by atoms with Gasteiger partial charge in [-0.2, -0.15) is 0 Å². The first kappa shape index (κ1) is 19.1. The minimum atomic E-state index is -0.269. The van der Waals surface area contributed by atoms with Crippen molar-refractivity contribution in [3.63, 3.8) is 0 Å². The summed E-state index contributed by atoms with van der Waals surface area (Å²) in [5, 5.41) is 0. The third-order valence-electron chi connectivity index (χ3n) is 7.26. The average molecular weight is 398 g/mol. The SMILES string of the molecule is CC1(C)CC(=O)[C@@H]2C(c3ccc4c(c3)OCO4)[C@H]3C(=O)CC(C)(C)C[C@@H]3O[C@H]2C1. The van der Waals surface area contributed by atoms with Crippen molar-refractivity contribution in [1.29, 1.82) is 0 Å². The highest BCUT2D eigenvalue weighted by atomic mass is 16.7. The summed E-state index contributed by atoms with van der Waals surface area (Å²) in [7, 11) is 0. The second-order valence-electron chi connectivity index (χ2n) is 10.9. The van der Waals surface area contributed by atoms with Crippen molar-refractivity contribution in [2.45, 2.75) is 71.5 Å². The molecule has 0 spiro atoms. The van der Waals surface area contributed by atoms with Gasteiger partial charge < -0.3 is 14.2 Å². The number of hydrogen-bond acceptors (Lipinski definition) is 5. The molecule has 0 unspecified atom stereocenters. The van der Waals surface area contributed by atoms with Crippen molar-refractivity contribution in [2.24, 2.45) is 22.7 Å². The van der Waals surface area contributed by atoms with Crippen LogP contribution in [0.2, 0.25) is 0 Å². The minimum absolute atomic E-state index is 0.0707. The van der Waals surface area contributed by atoms with Gasteiger partial charge in [-0.05, 0) is 41.4 Å². The standard InChI is InChI=1S/C24H30O5/c1-23(2)8-14(25)21-18(10-23)29-19-11-24(3,4)9-15(26)22(19)20(21)13-5-6-16-17(7-13)28-12-27-16/h5-7,18-22H,8-12H2,1-4H3/t18-,19-,21-,22-/m0/s1. The van der Waals surface area contributed by atoms with Crippen LogP contribution in [0.1, 0.15) is 64.9 Å². The molecule has 2 saturated carbocycles. The van der Waals surface area contributed by atoms with Crippen LogP contribution in [0.25, 0.3) is 0 Å². The predicted octanol–water partition coefficient (Wildman–Crippen LogP) is 4.28. The smallest absolute Gasteiger partial charge is 0.231 e. The molecule has 29 heavy (non-hydrogen) atoms. The molecule has 1 aromatic carbocycles. The maximum absolute atomic E-state index is 13.3. The number of Topliss-reactive ketones (excluding diaryl/α,β-unsaturated/α-hetero) is 2. The predicted molar refractivity (Wildman–Crippen MR) is 107 cm³/mol. The molecule has 4 atom stereocenters. The zero-order valence-corrected chi connectivity index (χ0v) is 17.7. The van der Waals surface area contributed by atoms with Crippen molar-refractivity contribution in [1.82, 2.24) is 0 Å². The van der Waals surface area contributed by atoms with Gasteiger partial charge in [-0.15, -0.1) is 0 Å². The number of fused-ring (bicyclic) bond motifs is 3. The van der Waals surface area contributed by atoms with Crippen LogP contribution >= 0.6 is 0 Å². The van der Waals surface area contributed by atoms with Crippen LogP contribution in [0.15, 0.2) is 18.2 Å². The summed E-state index contributed by atoms with van der Waals surface area (Å²) in [5.74, 6) is 1.19. The lowest BCUT2D eigenvalue weighted by molar-refractivity contribution is -0.186. The lowest BCUT2D eigenvalue weighted by Gasteiger charge is -2.54. The molecule has 0 bridgehead atoms. The van der Waals surface area contributed by atoms with E-state index in [9.17, 15) is 9.59 Å². The molecule has 5 heteroatoms. The van der Waals surface area contributed by atoms with E-state index in [-0.39, 0.29) is 59.2 Å². The van der Waals surface area contributed by atoms with E-state index in [1.54, 1.807) is 0 Å². The fourth-order valence-corrected chi connectivity index (χ4v) is 6.19. The summed E-state index contributed by atoms with van der Waals surface area (Å²) in [5.41, 5.74) is 0.862. The van der Waals surface area contributed by atoms with Gasteiger partial charge in [0.2, 0.25) is 6.79 Å². The molecule has 0 N–H and O–H groups in total. The largest absolute Gasteiger partial charge is 0.454 e. The molecule has 2 aliphatic carbocycles. The van der Waals surface area contributed by atoms with Gasteiger partial charge in [-0.3, -0.25) is 9.59 Å². The Morgan fingerprint density at radius 1 is 0.793 bits per heavy atom. The first-order valence-electron chi connectivity index (χ1n) is 10.7. The third kappa shape index (κ3) is 3.18. The van der Waals surface area contributed by atoms with Crippen LogP contribution in [0.3, 0.4) is 0 Å². The van der Waals surface area contributed by atoms with Crippen molar-refractivity contribution in [2.75, 3.05) is 6.79 Å². The Labute approximate surface area is 172 Å². The van der Waals surface area contributed by atoms with Crippen LogP contribution in [-0.2, 0) is 14.3 Å². The summed E-state index contributed by atoms with van der Waals surface area (Å²) < 4.78 is 17.6. The van der Waals surface area contributed by atoms with Gasteiger partial charge in [0.15, 0.2) is 11.5 Å². The summed E-state index contributed by atoms with van der Waals surface area (Å²) in [6.07, 6.45) is 2.50. The van der Waals surface area contributed by atoms with E-state index in [1.807, 2.05) is 18.2 Å². The van der Waals surface area contributed by atoms with Gasteiger partial charge in [-0.25, -0.2) is 0 Å². The van der Waals surface area contributed by atoms with Crippen molar-refractivity contribution >= 4 is 11.6 Å². The molecular weight excluding hydrogens is 368 g/mol. The summed E-state index contributed by atoms with van der Waals surface area (Å²) in [6, 6.07) is 5.90. The Kier molecular flexibility index (Phi) is 4.16. The van der Waals surface area contributed by atoms with Gasteiger partial charge >= 0.3 is 0 Å². The van der Waals surface area contributed by atoms with E-state index in [0.717, 1.165) is 24.2 Å². The molecule has 5 rings (SSSR count). The molecule has 1 aromatic rings. The van der Waals surface area contributed by atoms with Crippen molar-refractivity contribution in [3.05, 3.63) is 23.8 Å². The number of rotatable bonds is 1. The fraction of sp³-hybridized carbons (Fsp3) is 0.667. The molecule has 0 radical (unpaired) electrons. The molecule has 156 valence electrons. The normalized spacial score (nSPS) is 37.0. The second kappa shape index (κ2) is 6.31. The summed E-state index contributed by atoms with van der Waals surface area (Å²) >= 11 is 0. The molecule has 0 amide bonds. The molecule has 5 nitrogen and oxygen atoms in total. The lowest BCUT2D eigenvalue weighted by Crippen LogP contribution is -2.58. The maximum atomic E-state index is 13.3. The Morgan fingerprint density at radius 2 is 1.34 bits per heavy atom. The van der Waals surface area contributed by atoms with Gasteiger partial charge in [0.1, 0.15) is 11.6 Å². The number of carbonyl (C=O) groups excluding carboxylic acids is 2. The highest BCUT2D eigenvalue weighted by Crippen LogP contribution is 2.55.